The lowest BCUT2D eigenvalue weighted by atomic mass is 10.0. The molecule has 19 heavy (non-hydrogen) atoms. The standard InChI is InChI=1S/C16H25NO2/c1-5-7-8-11-17-14(6-2)13-9-10-15(18-3)16(12-13)19-4/h5,7,9-10,12,14,17H,6,8,11H2,1-4H3/b7-5+. The molecule has 1 rings (SSSR count). The smallest absolute Gasteiger partial charge is 0.161 e. The molecule has 0 spiro atoms. The average molecular weight is 263 g/mol. The predicted octanol–water partition coefficient (Wildman–Crippen LogP) is 3.71. The molecule has 1 unspecified atom stereocenters. The zero-order valence-electron chi connectivity index (χ0n) is 12.4. The van der Waals surface area contributed by atoms with Crippen molar-refractivity contribution >= 4 is 0 Å². The molecule has 0 saturated carbocycles. The fourth-order valence-corrected chi connectivity index (χ4v) is 2.08. The Morgan fingerprint density at radius 1 is 1.21 bits per heavy atom. The molecular weight excluding hydrogens is 238 g/mol. The molecule has 106 valence electrons. The first-order valence-corrected chi connectivity index (χ1v) is 6.83. The Hall–Kier alpha value is -1.48. The zero-order valence-corrected chi connectivity index (χ0v) is 12.4. The van der Waals surface area contributed by atoms with E-state index in [1.54, 1.807) is 14.2 Å². The summed E-state index contributed by atoms with van der Waals surface area (Å²) >= 11 is 0. The van der Waals surface area contributed by atoms with Gasteiger partial charge in [-0.05, 0) is 44.0 Å². The van der Waals surface area contributed by atoms with Crippen LogP contribution in [0.5, 0.6) is 11.5 Å². The Balaban J connectivity index is 2.74. The van der Waals surface area contributed by atoms with Gasteiger partial charge in [-0.15, -0.1) is 0 Å². The van der Waals surface area contributed by atoms with Crippen molar-refractivity contribution in [2.24, 2.45) is 0 Å². The normalized spacial score (nSPS) is 12.6. The second kappa shape index (κ2) is 8.59. The molecule has 1 atom stereocenters. The third-order valence-corrected chi connectivity index (χ3v) is 3.16. The van der Waals surface area contributed by atoms with Crippen LogP contribution in [0.2, 0.25) is 0 Å². The van der Waals surface area contributed by atoms with Crippen molar-refractivity contribution < 1.29 is 9.47 Å². The van der Waals surface area contributed by atoms with E-state index in [2.05, 4.69) is 36.5 Å². The Bertz CT molecular complexity index is 402. The summed E-state index contributed by atoms with van der Waals surface area (Å²) in [6, 6.07) is 6.46. The van der Waals surface area contributed by atoms with Crippen molar-refractivity contribution in [1.29, 1.82) is 0 Å². The fraction of sp³-hybridized carbons (Fsp3) is 0.500. The van der Waals surface area contributed by atoms with Crippen LogP contribution in [0.1, 0.15) is 38.3 Å². The third-order valence-electron chi connectivity index (χ3n) is 3.16. The van der Waals surface area contributed by atoms with Crippen molar-refractivity contribution in [3.8, 4) is 11.5 Å². The quantitative estimate of drug-likeness (QED) is 0.573. The summed E-state index contributed by atoms with van der Waals surface area (Å²) in [6.45, 7) is 5.22. The lowest BCUT2D eigenvalue weighted by Crippen LogP contribution is -2.21. The van der Waals surface area contributed by atoms with E-state index in [4.69, 9.17) is 9.47 Å². The van der Waals surface area contributed by atoms with Crippen LogP contribution in [-0.4, -0.2) is 20.8 Å². The fourth-order valence-electron chi connectivity index (χ4n) is 2.08. The first-order valence-electron chi connectivity index (χ1n) is 6.83. The molecule has 0 aliphatic carbocycles. The number of allylic oxidation sites excluding steroid dienone is 1. The van der Waals surface area contributed by atoms with Gasteiger partial charge in [-0.25, -0.2) is 0 Å². The van der Waals surface area contributed by atoms with Gasteiger partial charge in [0.05, 0.1) is 14.2 Å². The summed E-state index contributed by atoms with van der Waals surface area (Å²) in [5.74, 6) is 1.56. The summed E-state index contributed by atoms with van der Waals surface area (Å²) in [6.07, 6.45) is 6.36. The number of ether oxygens (including phenoxy) is 2. The maximum Gasteiger partial charge on any atom is 0.161 e. The summed E-state index contributed by atoms with van der Waals surface area (Å²) in [7, 11) is 3.33. The molecule has 0 heterocycles. The second-order valence-electron chi connectivity index (χ2n) is 4.39. The van der Waals surface area contributed by atoms with Gasteiger partial charge in [-0.2, -0.15) is 0 Å². The molecule has 1 N–H and O–H groups in total. The Labute approximate surface area is 116 Å². The molecule has 3 nitrogen and oxygen atoms in total. The van der Waals surface area contributed by atoms with Gasteiger partial charge < -0.3 is 14.8 Å². The molecule has 0 fully saturated rings. The molecule has 1 aromatic rings. The molecular formula is C16H25NO2. The molecule has 0 saturated heterocycles. The molecule has 0 amide bonds. The molecule has 0 bridgehead atoms. The highest BCUT2D eigenvalue weighted by Gasteiger charge is 2.11. The van der Waals surface area contributed by atoms with Crippen LogP contribution in [0.15, 0.2) is 30.4 Å². The minimum absolute atomic E-state index is 0.352. The van der Waals surface area contributed by atoms with E-state index in [0.29, 0.717) is 6.04 Å². The van der Waals surface area contributed by atoms with Crippen LogP contribution in [0.4, 0.5) is 0 Å². The van der Waals surface area contributed by atoms with Crippen molar-refractivity contribution in [2.75, 3.05) is 20.8 Å². The van der Waals surface area contributed by atoms with Crippen LogP contribution in [-0.2, 0) is 0 Å². The Kier molecular flexibility index (Phi) is 7.04. The van der Waals surface area contributed by atoms with E-state index in [1.165, 1.54) is 5.56 Å². The predicted molar refractivity (Wildman–Crippen MR) is 80.0 cm³/mol. The van der Waals surface area contributed by atoms with E-state index in [-0.39, 0.29) is 0 Å². The van der Waals surface area contributed by atoms with E-state index in [0.717, 1.165) is 30.9 Å². The number of hydrogen-bond acceptors (Lipinski definition) is 3. The second-order valence-corrected chi connectivity index (χ2v) is 4.39. The van der Waals surface area contributed by atoms with Gasteiger partial charge in [0.15, 0.2) is 11.5 Å². The van der Waals surface area contributed by atoms with Crippen LogP contribution >= 0.6 is 0 Å². The van der Waals surface area contributed by atoms with Crippen LogP contribution in [0.3, 0.4) is 0 Å². The van der Waals surface area contributed by atoms with Gasteiger partial charge in [0.25, 0.3) is 0 Å². The number of benzene rings is 1. The summed E-state index contributed by atoms with van der Waals surface area (Å²) in [5, 5.41) is 3.56. The maximum absolute atomic E-state index is 5.35. The lowest BCUT2D eigenvalue weighted by molar-refractivity contribution is 0.353. The van der Waals surface area contributed by atoms with E-state index in [1.807, 2.05) is 13.0 Å². The van der Waals surface area contributed by atoms with Crippen molar-refractivity contribution in [2.45, 2.75) is 32.7 Å². The van der Waals surface area contributed by atoms with Crippen molar-refractivity contribution in [1.82, 2.24) is 5.32 Å². The SMILES string of the molecule is C/C=C/CCNC(CC)c1ccc(OC)c(OC)c1. The molecule has 0 aromatic heterocycles. The third kappa shape index (κ3) is 4.60. The summed E-state index contributed by atoms with van der Waals surface area (Å²) in [4.78, 5) is 0. The minimum atomic E-state index is 0.352. The number of rotatable bonds is 8. The van der Waals surface area contributed by atoms with Gasteiger partial charge in [-0.3, -0.25) is 0 Å². The number of nitrogens with one attached hydrogen (secondary N) is 1. The highest BCUT2D eigenvalue weighted by Crippen LogP contribution is 2.30. The number of methoxy groups -OCH3 is 2. The van der Waals surface area contributed by atoms with Crippen molar-refractivity contribution in [3.05, 3.63) is 35.9 Å². The average Bonchev–Trinajstić information content (AvgIpc) is 2.46. The molecule has 1 aromatic carbocycles. The zero-order chi connectivity index (χ0) is 14.1. The first-order chi connectivity index (χ1) is 9.26. The first kappa shape index (κ1) is 15.6. The topological polar surface area (TPSA) is 30.5 Å². The molecule has 0 radical (unpaired) electrons. The minimum Gasteiger partial charge on any atom is -0.493 e. The number of hydrogen-bond donors (Lipinski definition) is 1. The summed E-state index contributed by atoms with van der Waals surface area (Å²) in [5.41, 5.74) is 1.24. The summed E-state index contributed by atoms with van der Waals surface area (Å²) < 4.78 is 10.6. The van der Waals surface area contributed by atoms with Gasteiger partial charge in [-0.1, -0.05) is 25.1 Å². The van der Waals surface area contributed by atoms with Gasteiger partial charge in [0.2, 0.25) is 0 Å². The van der Waals surface area contributed by atoms with Gasteiger partial charge in [0, 0.05) is 6.04 Å². The Morgan fingerprint density at radius 2 is 1.95 bits per heavy atom. The highest BCUT2D eigenvalue weighted by atomic mass is 16.5. The lowest BCUT2D eigenvalue weighted by Gasteiger charge is -2.18. The highest BCUT2D eigenvalue weighted by molar-refractivity contribution is 5.43. The van der Waals surface area contributed by atoms with Crippen LogP contribution < -0.4 is 14.8 Å². The van der Waals surface area contributed by atoms with Gasteiger partial charge in [0.1, 0.15) is 0 Å². The molecule has 0 aliphatic rings. The molecule has 0 aliphatic heterocycles. The van der Waals surface area contributed by atoms with E-state index >= 15 is 0 Å². The van der Waals surface area contributed by atoms with E-state index < -0.39 is 0 Å². The maximum atomic E-state index is 5.35. The Morgan fingerprint density at radius 3 is 2.53 bits per heavy atom. The van der Waals surface area contributed by atoms with Gasteiger partial charge >= 0.3 is 0 Å². The van der Waals surface area contributed by atoms with Crippen LogP contribution in [0, 0.1) is 0 Å². The molecule has 3 heteroatoms. The van der Waals surface area contributed by atoms with E-state index in [9.17, 15) is 0 Å². The monoisotopic (exact) mass is 263 g/mol. The van der Waals surface area contributed by atoms with Crippen LogP contribution in [0.25, 0.3) is 0 Å². The largest absolute Gasteiger partial charge is 0.493 e. The van der Waals surface area contributed by atoms with Crippen molar-refractivity contribution in [3.63, 3.8) is 0 Å².